The number of para-hydroxylation sites is 3. The molecule has 11 aromatic carbocycles. The molecule has 2 nitrogen and oxygen atoms in total. The van der Waals surface area contributed by atoms with Crippen molar-refractivity contribution in [2.75, 3.05) is 4.90 Å². The normalized spacial score (nSPS) is 11.4. The van der Waals surface area contributed by atoms with Crippen LogP contribution >= 0.6 is 0 Å². The van der Waals surface area contributed by atoms with Crippen molar-refractivity contribution in [2.45, 2.75) is 0 Å². The average Bonchev–Trinajstić information content (AvgIpc) is 3.76. The first-order valence-corrected chi connectivity index (χ1v) is 21.9. The van der Waals surface area contributed by atoms with Gasteiger partial charge in [0.25, 0.3) is 0 Å². The van der Waals surface area contributed by atoms with E-state index in [1.165, 1.54) is 66.2 Å². The molecule has 0 unspecified atom stereocenters. The molecule has 0 aliphatic heterocycles. The van der Waals surface area contributed by atoms with Gasteiger partial charge in [-0.25, -0.2) is 0 Å². The number of hydrogen-bond acceptors (Lipinski definition) is 2. The van der Waals surface area contributed by atoms with E-state index in [0.29, 0.717) is 0 Å². The molecular weight excluding hydrogens is 775 g/mol. The Morgan fingerprint density at radius 3 is 1.36 bits per heavy atom. The van der Waals surface area contributed by atoms with E-state index in [9.17, 15) is 0 Å². The fourth-order valence-corrected chi connectivity index (χ4v) is 9.88. The molecule has 0 radical (unpaired) electrons. The summed E-state index contributed by atoms with van der Waals surface area (Å²) in [5.41, 5.74) is 16.8. The van der Waals surface area contributed by atoms with Crippen molar-refractivity contribution in [3.05, 3.63) is 249 Å². The van der Waals surface area contributed by atoms with Crippen LogP contribution in [-0.2, 0) is 0 Å². The van der Waals surface area contributed by atoms with E-state index in [1.54, 1.807) is 0 Å². The second-order valence-corrected chi connectivity index (χ2v) is 16.3. The van der Waals surface area contributed by atoms with Gasteiger partial charge in [0.15, 0.2) is 5.58 Å². The van der Waals surface area contributed by atoms with Gasteiger partial charge >= 0.3 is 0 Å². The van der Waals surface area contributed by atoms with Crippen molar-refractivity contribution in [2.24, 2.45) is 0 Å². The SMILES string of the molecule is c1ccc(-c2c(-c3ccccc3)c(-c3ccccc3)c3cc(-c4ccc(N(c5ccccc5)c5cccc6c5oc5ccccc56)c5ccccc45)ccc3c2-c2ccccc2)cc1. The standard InChI is InChI=1S/C62H41NO/c1-6-21-42(22-7-1)58-52-38-37-46(41-54(52)59(43-23-8-2-9-24-43)61(45-27-12-4-13-28-45)60(58)44-25-10-3-11-26-44)48-39-40-55(50-32-17-16-31-49(48)50)63(47-29-14-5-15-30-47)56-35-20-34-53-51-33-18-19-36-57(51)64-62(53)56/h1-41H. The van der Waals surface area contributed by atoms with Crippen LogP contribution in [0.25, 0.3) is 99.1 Å². The van der Waals surface area contributed by atoms with Gasteiger partial charge in [0.05, 0.1) is 11.4 Å². The Kier molecular flexibility index (Phi) is 9.20. The van der Waals surface area contributed by atoms with Crippen LogP contribution in [0.2, 0.25) is 0 Å². The molecule has 0 saturated carbocycles. The third kappa shape index (κ3) is 6.27. The third-order valence-electron chi connectivity index (χ3n) is 12.6. The van der Waals surface area contributed by atoms with Gasteiger partial charge in [-0.1, -0.05) is 212 Å². The molecule has 0 saturated heterocycles. The van der Waals surface area contributed by atoms with Crippen LogP contribution in [0.3, 0.4) is 0 Å². The first-order chi connectivity index (χ1) is 31.8. The zero-order chi connectivity index (χ0) is 42.4. The first-order valence-electron chi connectivity index (χ1n) is 21.9. The highest BCUT2D eigenvalue weighted by atomic mass is 16.3. The van der Waals surface area contributed by atoms with Crippen molar-refractivity contribution >= 4 is 60.5 Å². The largest absolute Gasteiger partial charge is 0.454 e. The van der Waals surface area contributed by atoms with Crippen LogP contribution in [0.5, 0.6) is 0 Å². The van der Waals surface area contributed by atoms with Gasteiger partial charge in [-0.15, -0.1) is 0 Å². The maximum atomic E-state index is 6.68. The number of anilines is 3. The summed E-state index contributed by atoms with van der Waals surface area (Å²) in [7, 11) is 0. The van der Waals surface area contributed by atoms with Crippen molar-refractivity contribution in [1.82, 2.24) is 0 Å². The number of fused-ring (bicyclic) bond motifs is 5. The van der Waals surface area contributed by atoms with Gasteiger partial charge in [-0.05, 0) is 108 Å². The van der Waals surface area contributed by atoms with Gasteiger partial charge in [0, 0.05) is 21.8 Å². The molecule has 1 aromatic heterocycles. The van der Waals surface area contributed by atoms with Crippen LogP contribution in [0.4, 0.5) is 17.1 Å². The molecule has 0 aliphatic rings. The molecule has 0 spiro atoms. The average molecular weight is 816 g/mol. The smallest absolute Gasteiger partial charge is 0.159 e. The molecular formula is C62H41NO. The highest BCUT2D eigenvalue weighted by molar-refractivity contribution is 6.20. The minimum absolute atomic E-state index is 0.863. The fraction of sp³-hybridized carbons (Fsp3) is 0. The summed E-state index contributed by atoms with van der Waals surface area (Å²) in [6, 6.07) is 89.7. The van der Waals surface area contributed by atoms with Gasteiger partial charge in [-0.2, -0.15) is 0 Å². The van der Waals surface area contributed by atoms with E-state index in [4.69, 9.17) is 4.42 Å². The molecule has 12 aromatic rings. The molecule has 0 bridgehead atoms. The molecule has 0 N–H and O–H groups in total. The summed E-state index contributed by atoms with van der Waals surface area (Å²) < 4.78 is 6.68. The minimum atomic E-state index is 0.863. The monoisotopic (exact) mass is 815 g/mol. The summed E-state index contributed by atoms with van der Waals surface area (Å²) >= 11 is 0. The predicted octanol–water partition coefficient (Wildman–Crippen LogP) is 17.7. The van der Waals surface area contributed by atoms with E-state index in [2.05, 4.69) is 248 Å². The molecule has 1 heterocycles. The van der Waals surface area contributed by atoms with Gasteiger partial charge < -0.3 is 9.32 Å². The van der Waals surface area contributed by atoms with Crippen LogP contribution in [-0.4, -0.2) is 0 Å². The Hall–Kier alpha value is -8.46. The van der Waals surface area contributed by atoms with Crippen molar-refractivity contribution < 1.29 is 4.42 Å². The second-order valence-electron chi connectivity index (χ2n) is 16.3. The third-order valence-corrected chi connectivity index (χ3v) is 12.6. The number of benzene rings is 11. The molecule has 12 rings (SSSR count). The molecule has 0 amide bonds. The molecule has 0 atom stereocenters. The first kappa shape index (κ1) is 37.3. The maximum absolute atomic E-state index is 6.68. The lowest BCUT2D eigenvalue weighted by Crippen LogP contribution is -2.10. The Balaban J connectivity index is 1.14. The maximum Gasteiger partial charge on any atom is 0.159 e. The minimum Gasteiger partial charge on any atom is -0.454 e. The lowest BCUT2D eigenvalue weighted by atomic mass is 9.78. The van der Waals surface area contributed by atoms with E-state index >= 15 is 0 Å². The quantitative estimate of drug-likeness (QED) is 0.152. The molecule has 64 heavy (non-hydrogen) atoms. The number of furan rings is 1. The van der Waals surface area contributed by atoms with E-state index in [0.717, 1.165) is 50.0 Å². The van der Waals surface area contributed by atoms with Crippen molar-refractivity contribution in [3.63, 3.8) is 0 Å². The summed E-state index contributed by atoms with van der Waals surface area (Å²) in [5, 5.41) is 6.95. The van der Waals surface area contributed by atoms with Gasteiger partial charge in [0.1, 0.15) is 5.58 Å². The highest BCUT2D eigenvalue weighted by Gasteiger charge is 2.26. The van der Waals surface area contributed by atoms with Crippen molar-refractivity contribution in [3.8, 4) is 55.6 Å². The molecule has 300 valence electrons. The number of rotatable bonds is 8. The zero-order valence-corrected chi connectivity index (χ0v) is 35.0. The summed E-state index contributed by atoms with van der Waals surface area (Å²) in [6.07, 6.45) is 0. The highest BCUT2D eigenvalue weighted by Crippen LogP contribution is 2.52. The van der Waals surface area contributed by atoms with E-state index in [-0.39, 0.29) is 0 Å². The van der Waals surface area contributed by atoms with Crippen LogP contribution in [0.1, 0.15) is 0 Å². The number of nitrogens with zero attached hydrogens (tertiary/aromatic N) is 1. The van der Waals surface area contributed by atoms with Crippen LogP contribution in [0.15, 0.2) is 253 Å². The lowest BCUT2D eigenvalue weighted by molar-refractivity contribution is 0.669. The van der Waals surface area contributed by atoms with Gasteiger partial charge in [0.2, 0.25) is 0 Å². The zero-order valence-electron chi connectivity index (χ0n) is 35.0. The molecule has 0 fully saturated rings. The van der Waals surface area contributed by atoms with E-state index < -0.39 is 0 Å². The predicted molar refractivity (Wildman–Crippen MR) is 271 cm³/mol. The van der Waals surface area contributed by atoms with Gasteiger partial charge in [-0.3, -0.25) is 0 Å². The fourth-order valence-electron chi connectivity index (χ4n) is 9.88. The number of hydrogen-bond donors (Lipinski definition) is 0. The van der Waals surface area contributed by atoms with Crippen LogP contribution < -0.4 is 4.90 Å². The van der Waals surface area contributed by atoms with Crippen molar-refractivity contribution in [1.29, 1.82) is 0 Å². The second kappa shape index (κ2) is 15.8. The molecule has 2 heteroatoms. The summed E-state index contributed by atoms with van der Waals surface area (Å²) in [5.74, 6) is 0. The van der Waals surface area contributed by atoms with Crippen LogP contribution in [0, 0.1) is 0 Å². The van der Waals surface area contributed by atoms with E-state index in [1.807, 2.05) is 6.07 Å². The summed E-state index contributed by atoms with van der Waals surface area (Å²) in [4.78, 5) is 2.36. The molecule has 0 aliphatic carbocycles. The Morgan fingerprint density at radius 1 is 0.266 bits per heavy atom. The lowest BCUT2D eigenvalue weighted by Gasteiger charge is -2.27. The summed E-state index contributed by atoms with van der Waals surface area (Å²) in [6.45, 7) is 0. The topological polar surface area (TPSA) is 16.4 Å². The Morgan fingerprint density at radius 2 is 0.750 bits per heavy atom. The Labute approximate surface area is 372 Å². The Bertz CT molecular complexity index is 3630.